The zero-order valence-corrected chi connectivity index (χ0v) is 20.3. The van der Waals surface area contributed by atoms with Gasteiger partial charge in [-0.2, -0.15) is 0 Å². The molecule has 1 aliphatic heterocycles. The van der Waals surface area contributed by atoms with Crippen LogP contribution < -0.4 is 14.9 Å². The van der Waals surface area contributed by atoms with Gasteiger partial charge in [-0.05, 0) is 31.2 Å². The van der Waals surface area contributed by atoms with E-state index >= 15 is 0 Å². The molecule has 0 unspecified atom stereocenters. The van der Waals surface area contributed by atoms with Crippen LogP contribution in [0.1, 0.15) is 6.92 Å². The average molecular weight is 530 g/mol. The number of aliphatic hydroxyl groups excluding tert-OH is 3. The Kier molecular flexibility index (Phi) is 7.88. The Labute approximate surface area is 215 Å². The topological polar surface area (TPSA) is 185 Å². The van der Waals surface area contributed by atoms with Crippen molar-refractivity contribution >= 4 is 16.9 Å². The molecule has 1 aromatic heterocycles. The molecule has 0 radical (unpaired) electrons. The minimum Gasteiger partial charge on any atom is -0.508 e. The lowest BCUT2D eigenvalue weighted by Crippen LogP contribution is -2.60. The predicted octanol–water partition coefficient (Wildman–Crippen LogP) is 1.19. The Hall–Kier alpha value is -4.10. The highest BCUT2D eigenvalue weighted by Crippen LogP contribution is 2.43. The number of esters is 1. The van der Waals surface area contributed by atoms with Crippen molar-refractivity contribution in [2.45, 2.75) is 37.6 Å². The van der Waals surface area contributed by atoms with Gasteiger partial charge in [0.05, 0.1) is 7.11 Å². The first-order valence-electron chi connectivity index (χ1n) is 11.5. The maximum Gasteiger partial charge on any atom is 0.330 e. The summed E-state index contributed by atoms with van der Waals surface area (Å²) < 4.78 is 27.3. The summed E-state index contributed by atoms with van der Waals surface area (Å²) in [5.41, 5.74) is -0.221. The molecule has 12 heteroatoms. The average Bonchev–Trinajstić information content (AvgIpc) is 2.88. The van der Waals surface area contributed by atoms with E-state index in [0.29, 0.717) is 5.56 Å². The van der Waals surface area contributed by atoms with E-state index in [2.05, 4.69) is 0 Å². The van der Waals surface area contributed by atoms with E-state index in [4.69, 9.17) is 23.4 Å². The first kappa shape index (κ1) is 26.9. The van der Waals surface area contributed by atoms with Crippen LogP contribution in [0.5, 0.6) is 23.0 Å². The normalized spacial score (nSPS) is 23.4. The van der Waals surface area contributed by atoms with Crippen molar-refractivity contribution in [3.63, 3.8) is 0 Å². The number of rotatable bonds is 7. The number of methoxy groups -OCH3 is 1. The van der Waals surface area contributed by atoms with Crippen LogP contribution in [-0.4, -0.2) is 75.9 Å². The van der Waals surface area contributed by atoms with E-state index in [1.165, 1.54) is 49.6 Å². The maximum atomic E-state index is 12.8. The number of hydrogen-bond acceptors (Lipinski definition) is 12. The second kappa shape index (κ2) is 11.1. The Morgan fingerprint density at radius 3 is 2.42 bits per heavy atom. The Bertz CT molecular complexity index is 1390. The van der Waals surface area contributed by atoms with Crippen LogP contribution in [0, 0.1) is 0 Å². The van der Waals surface area contributed by atoms with Crippen molar-refractivity contribution in [2.75, 3.05) is 13.7 Å². The number of phenols is 2. The maximum absolute atomic E-state index is 12.8. The molecule has 5 atom stereocenters. The summed E-state index contributed by atoms with van der Waals surface area (Å²) in [6, 6.07) is 8.28. The lowest BCUT2D eigenvalue weighted by molar-refractivity contribution is -0.278. The highest BCUT2D eigenvalue weighted by Gasteiger charge is 2.46. The molecule has 1 aliphatic rings. The van der Waals surface area contributed by atoms with Gasteiger partial charge >= 0.3 is 5.97 Å². The third kappa shape index (κ3) is 5.29. The van der Waals surface area contributed by atoms with E-state index in [1.54, 1.807) is 6.92 Å². The highest BCUT2D eigenvalue weighted by molar-refractivity contribution is 5.89. The second-order valence-corrected chi connectivity index (χ2v) is 8.41. The molecule has 202 valence electrons. The summed E-state index contributed by atoms with van der Waals surface area (Å²) in [6.07, 6.45) is -5.39. The lowest BCUT2D eigenvalue weighted by atomic mass is 9.99. The van der Waals surface area contributed by atoms with Crippen LogP contribution in [0.2, 0.25) is 0 Å². The molecule has 3 aromatic rings. The minimum atomic E-state index is -1.76. The Morgan fingerprint density at radius 1 is 1.05 bits per heavy atom. The van der Waals surface area contributed by atoms with Crippen molar-refractivity contribution in [3.05, 3.63) is 58.8 Å². The lowest BCUT2D eigenvalue weighted by Gasteiger charge is -2.40. The van der Waals surface area contributed by atoms with Crippen molar-refractivity contribution in [2.24, 2.45) is 0 Å². The van der Waals surface area contributed by atoms with Gasteiger partial charge in [-0.25, -0.2) is 4.79 Å². The number of aliphatic hydroxyl groups is 3. The summed E-state index contributed by atoms with van der Waals surface area (Å²) in [5, 5.41) is 51.2. The quantitative estimate of drug-likeness (QED) is 0.217. The first-order chi connectivity index (χ1) is 18.1. The SMILES string of the molecule is C/C=C/C(=O)OC[C@H]1O[C@@H](Oc2cc3oc(-c4ccc(O)cc4)cc(=O)c3c(O)c2OC)[C@H](O)[C@@H](O)[C@@H]1O. The van der Waals surface area contributed by atoms with Gasteiger partial charge in [0.15, 0.2) is 16.9 Å². The number of allylic oxidation sites excluding steroid dienone is 1. The van der Waals surface area contributed by atoms with Gasteiger partial charge in [-0.3, -0.25) is 4.79 Å². The molecule has 4 rings (SSSR count). The largest absolute Gasteiger partial charge is 0.508 e. The molecule has 0 aliphatic carbocycles. The molecule has 1 fully saturated rings. The number of phenolic OH excluding ortho intramolecular Hbond substituents is 2. The zero-order chi connectivity index (χ0) is 27.6. The number of ether oxygens (including phenoxy) is 4. The third-order valence-corrected chi connectivity index (χ3v) is 5.87. The molecule has 1 saturated heterocycles. The van der Waals surface area contributed by atoms with Gasteiger partial charge in [0.1, 0.15) is 53.5 Å². The summed E-state index contributed by atoms with van der Waals surface area (Å²) in [7, 11) is 1.21. The predicted molar refractivity (Wildman–Crippen MR) is 131 cm³/mol. The van der Waals surface area contributed by atoms with Gasteiger partial charge in [0, 0.05) is 23.8 Å². The van der Waals surface area contributed by atoms with Crippen LogP contribution in [0.4, 0.5) is 0 Å². The Balaban J connectivity index is 1.69. The van der Waals surface area contributed by atoms with Crippen molar-refractivity contribution < 1.29 is 53.7 Å². The highest BCUT2D eigenvalue weighted by atomic mass is 16.7. The summed E-state index contributed by atoms with van der Waals surface area (Å²) in [6.45, 7) is 1.15. The molecule has 5 N–H and O–H groups in total. The minimum absolute atomic E-state index is 0.0168. The van der Waals surface area contributed by atoms with E-state index < -0.39 is 54.5 Å². The molecule has 0 spiro atoms. The van der Waals surface area contributed by atoms with Crippen LogP contribution >= 0.6 is 0 Å². The Morgan fingerprint density at radius 2 is 1.76 bits per heavy atom. The van der Waals surface area contributed by atoms with Crippen molar-refractivity contribution in [1.82, 2.24) is 0 Å². The molecule has 0 bridgehead atoms. The van der Waals surface area contributed by atoms with E-state index in [9.17, 15) is 35.1 Å². The molecule has 2 heterocycles. The second-order valence-electron chi connectivity index (χ2n) is 8.41. The fourth-order valence-corrected chi connectivity index (χ4v) is 3.94. The smallest absolute Gasteiger partial charge is 0.330 e. The fraction of sp³-hybridized carbons (Fsp3) is 0.308. The number of benzene rings is 2. The van der Waals surface area contributed by atoms with Gasteiger partial charge in [0.2, 0.25) is 12.0 Å². The van der Waals surface area contributed by atoms with Gasteiger partial charge < -0.3 is 48.9 Å². The summed E-state index contributed by atoms with van der Waals surface area (Å²) in [5.74, 6) is -1.66. The monoisotopic (exact) mass is 530 g/mol. The first-order valence-corrected chi connectivity index (χ1v) is 11.5. The number of fused-ring (bicyclic) bond motifs is 1. The standard InChI is InChI=1S/C26H26O12/c1-3-4-19(29)35-11-18-21(30)23(32)24(33)26(38-18)37-17-10-16-20(22(31)25(17)34-2)14(28)9-15(36-16)12-5-7-13(27)8-6-12/h3-10,18,21,23-24,26-27,30-33H,11H2,1-2H3/b4-3+/t18-,21-,23+,24-,26-/m1/s1. The third-order valence-electron chi connectivity index (χ3n) is 5.87. The van der Waals surface area contributed by atoms with Crippen molar-refractivity contribution in [1.29, 1.82) is 0 Å². The number of aromatic hydroxyl groups is 2. The van der Waals surface area contributed by atoms with E-state index in [1.807, 2.05) is 0 Å². The van der Waals surface area contributed by atoms with Crippen LogP contribution in [0.25, 0.3) is 22.3 Å². The number of hydrogen-bond donors (Lipinski definition) is 5. The van der Waals surface area contributed by atoms with Gasteiger partial charge in [0.25, 0.3) is 0 Å². The number of carbonyl (C=O) groups is 1. The van der Waals surface area contributed by atoms with Gasteiger partial charge in [-0.15, -0.1) is 0 Å². The molecule has 0 amide bonds. The van der Waals surface area contributed by atoms with Crippen molar-refractivity contribution in [3.8, 4) is 34.3 Å². The molecule has 0 saturated carbocycles. The molecule has 2 aromatic carbocycles. The molecular formula is C26H26O12. The van der Waals surface area contributed by atoms with E-state index in [0.717, 1.165) is 6.08 Å². The summed E-state index contributed by atoms with van der Waals surface area (Å²) >= 11 is 0. The van der Waals surface area contributed by atoms with Crippen LogP contribution in [0.15, 0.2) is 57.8 Å². The molecular weight excluding hydrogens is 504 g/mol. The summed E-state index contributed by atoms with van der Waals surface area (Å²) in [4.78, 5) is 24.5. The molecule has 38 heavy (non-hydrogen) atoms. The fourth-order valence-electron chi connectivity index (χ4n) is 3.94. The van der Waals surface area contributed by atoms with Crippen LogP contribution in [-0.2, 0) is 14.3 Å². The van der Waals surface area contributed by atoms with Gasteiger partial charge in [-0.1, -0.05) is 6.08 Å². The molecule has 12 nitrogen and oxygen atoms in total. The zero-order valence-electron chi connectivity index (χ0n) is 20.3. The van der Waals surface area contributed by atoms with Crippen LogP contribution in [0.3, 0.4) is 0 Å². The number of carbonyl (C=O) groups excluding carboxylic acids is 1. The van der Waals surface area contributed by atoms with E-state index in [-0.39, 0.29) is 34.0 Å².